The first-order valence-electron chi connectivity index (χ1n) is 6.98. The smallest absolute Gasteiger partial charge is 0.316 e. The minimum atomic E-state index is -0.320. The highest BCUT2D eigenvalue weighted by atomic mass is 32.2. The molecule has 0 saturated carbocycles. The molecular formula is C15H18N2O5S. The van der Waals surface area contributed by atoms with E-state index in [0.717, 1.165) is 17.5 Å². The van der Waals surface area contributed by atoms with E-state index in [9.17, 15) is 4.79 Å². The van der Waals surface area contributed by atoms with Gasteiger partial charge in [-0.1, -0.05) is 11.8 Å². The maximum Gasteiger partial charge on any atom is 0.316 e. The van der Waals surface area contributed by atoms with Crippen LogP contribution in [0.3, 0.4) is 0 Å². The molecule has 1 aromatic carbocycles. The predicted octanol–water partition coefficient (Wildman–Crippen LogP) is 2.70. The third kappa shape index (κ3) is 5.82. The van der Waals surface area contributed by atoms with Gasteiger partial charge < -0.3 is 18.6 Å². The van der Waals surface area contributed by atoms with E-state index in [1.165, 1.54) is 0 Å². The van der Waals surface area contributed by atoms with Crippen LogP contribution >= 0.6 is 11.8 Å². The van der Waals surface area contributed by atoms with E-state index in [4.69, 9.17) is 18.6 Å². The van der Waals surface area contributed by atoms with Crippen molar-refractivity contribution >= 4 is 17.7 Å². The molecule has 0 amide bonds. The van der Waals surface area contributed by atoms with Gasteiger partial charge in [-0.3, -0.25) is 4.79 Å². The summed E-state index contributed by atoms with van der Waals surface area (Å²) in [6, 6.07) is 7.16. The van der Waals surface area contributed by atoms with Gasteiger partial charge >= 0.3 is 5.97 Å². The molecule has 0 N–H and O–H groups in total. The van der Waals surface area contributed by atoms with Crippen molar-refractivity contribution in [1.82, 2.24) is 10.2 Å². The zero-order valence-corrected chi connectivity index (χ0v) is 14.0. The Bertz CT molecular complexity index is 627. The fraction of sp³-hybridized carbons (Fsp3) is 0.400. The molecule has 0 radical (unpaired) electrons. The Labute approximate surface area is 138 Å². The zero-order valence-electron chi connectivity index (χ0n) is 13.1. The van der Waals surface area contributed by atoms with Gasteiger partial charge in [0.05, 0.1) is 13.2 Å². The number of methoxy groups -OCH3 is 1. The molecule has 0 spiro atoms. The van der Waals surface area contributed by atoms with Crippen molar-refractivity contribution in [3.8, 4) is 11.5 Å². The van der Waals surface area contributed by atoms with Crippen LogP contribution in [0.1, 0.15) is 19.7 Å². The standard InChI is InChI=1S/C15H18N2O5S/c1-10(2)21-14(18)9-23-15-17-16-13(22-15)8-20-12-6-4-11(19-3)5-7-12/h4-7,10H,8-9H2,1-3H3. The van der Waals surface area contributed by atoms with Crippen LogP contribution in [0.15, 0.2) is 33.9 Å². The quantitative estimate of drug-likeness (QED) is 0.536. The number of carbonyl (C=O) groups is 1. The molecule has 0 saturated heterocycles. The topological polar surface area (TPSA) is 83.7 Å². The zero-order chi connectivity index (χ0) is 16.7. The van der Waals surface area contributed by atoms with Gasteiger partial charge in [-0.2, -0.15) is 0 Å². The van der Waals surface area contributed by atoms with Crippen molar-refractivity contribution in [3.05, 3.63) is 30.2 Å². The van der Waals surface area contributed by atoms with Crippen molar-refractivity contribution in [2.45, 2.75) is 31.8 Å². The van der Waals surface area contributed by atoms with Crippen LogP contribution in [0, 0.1) is 0 Å². The van der Waals surface area contributed by atoms with E-state index >= 15 is 0 Å². The van der Waals surface area contributed by atoms with E-state index in [0.29, 0.717) is 16.9 Å². The van der Waals surface area contributed by atoms with Crippen LogP contribution < -0.4 is 9.47 Å². The molecule has 0 atom stereocenters. The number of aromatic nitrogens is 2. The second-order valence-electron chi connectivity index (χ2n) is 4.75. The molecule has 23 heavy (non-hydrogen) atoms. The molecule has 0 fully saturated rings. The Hall–Kier alpha value is -2.22. The monoisotopic (exact) mass is 338 g/mol. The summed E-state index contributed by atoms with van der Waals surface area (Å²) in [5.41, 5.74) is 0. The van der Waals surface area contributed by atoms with Gasteiger partial charge in [-0.25, -0.2) is 0 Å². The summed E-state index contributed by atoms with van der Waals surface area (Å²) in [5.74, 6) is 1.56. The molecule has 1 heterocycles. The average Bonchev–Trinajstić information content (AvgIpc) is 2.99. The Balaban J connectivity index is 1.78. The molecule has 1 aromatic heterocycles. The minimum Gasteiger partial charge on any atom is -0.497 e. The Morgan fingerprint density at radius 1 is 1.22 bits per heavy atom. The van der Waals surface area contributed by atoms with Gasteiger partial charge in [0, 0.05) is 0 Å². The summed E-state index contributed by atoms with van der Waals surface area (Å²) in [5, 5.41) is 8.01. The summed E-state index contributed by atoms with van der Waals surface area (Å²) in [4.78, 5) is 11.4. The van der Waals surface area contributed by atoms with Crippen molar-refractivity contribution in [1.29, 1.82) is 0 Å². The largest absolute Gasteiger partial charge is 0.497 e. The van der Waals surface area contributed by atoms with E-state index in [1.807, 2.05) is 0 Å². The number of nitrogens with zero attached hydrogens (tertiary/aromatic N) is 2. The second kappa shape index (κ2) is 8.42. The van der Waals surface area contributed by atoms with Crippen LogP contribution in [-0.2, 0) is 16.1 Å². The number of hydrogen-bond acceptors (Lipinski definition) is 8. The Morgan fingerprint density at radius 3 is 2.57 bits per heavy atom. The number of esters is 1. The predicted molar refractivity (Wildman–Crippen MR) is 83.6 cm³/mol. The first kappa shape index (κ1) is 17.1. The maximum atomic E-state index is 11.4. The van der Waals surface area contributed by atoms with Crippen LogP contribution in [0.25, 0.3) is 0 Å². The molecule has 0 aliphatic heterocycles. The lowest BCUT2D eigenvalue weighted by molar-refractivity contribution is -0.144. The summed E-state index contributed by atoms with van der Waals surface area (Å²) in [6.45, 7) is 3.74. The molecule has 2 aromatic rings. The highest BCUT2D eigenvalue weighted by Gasteiger charge is 2.12. The first-order chi connectivity index (χ1) is 11.1. The normalized spacial score (nSPS) is 10.6. The number of rotatable bonds is 8. The molecule has 0 bridgehead atoms. The number of hydrogen-bond donors (Lipinski definition) is 0. The Morgan fingerprint density at radius 2 is 1.91 bits per heavy atom. The molecule has 0 unspecified atom stereocenters. The van der Waals surface area contributed by atoms with Crippen LogP contribution in [-0.4, -0.2) is 35.1 Å². The molecule has 124 valence electrons. The lowest BCUT2D eigenvalue weighted by Gasteiger charge is -2.05. The minimum absolute atomic E-state index is 0.124. The van der Waals surface area contributed by atoms with Crippen molar-refractivity contribution in [3.63, 3.8) is 0 Å². The van der Waals surface area contributed by atoms with E-state index in [-0.39, 0.29) is 24.4 Å². The van der Waals surface area contributed by atoms with E-state index in [1.54, 1.807) is 45.2 Å². The van der Waals surface area contributed by atoms with Gasteiger partial charge in [-0.05, 0) is 38.1 Å². The molecule has 7 nitrogen and oxygen atoms in total. The average molecular weight is 338 g/mol. The lowest BCUT2D eigenvalue weighted by atomic mass is 10.3. The van der Waals surface area contributed by atoms with Crippen LogP contribution in [0.5, 0.6) is 11.5 Å². The van der Waals surface area contributed by atoms with Gasteiger partial charge in [0.25, 0.3) is 11.1 Å². The van der Waals surface area contributed by atoms with Gasteiger partial charge in [0.2, 0.25) is 0 Å². The Kier molecular flexibility index (Phi) is 6.28. The van der Waals surface area contributed by atoms with Gasteiger partial charge in [0.15, 0.2) is 6.61 Å². The molecular weight excluding hydrogens is 320 g/mol. The molecule has 0 aliphatic rings. The highest BCUT2D eigenvalue weighted by molar-refractivity contribution is 7.99. The number of ether oxygens (including phenoxy) is 3. The van der Waals surface area contributed by atoms with Crippen molar-refractivity contribution in [2.75, 3.05) is 12.9 Å². The third-order valence-corrected chi connectivity index (χ3v) is 3.34. The summed E-state index contributed by atoms with van der Waals surface area (Å²) >= 11 is 1.13. The maximum absolute atomic E-state index is 11.4. The van der Waals surface area contributed by atoms with Crippen molar-refractivity contribution in [2.24, 2.45) is 0 Å². The molecule has 2 rings (SSSR count). The fourth-order valence-electron chi connectivity index (χ4n) is 1.59. The summed E-state index contributed by atoms with van der Waals surface area (Å²) in [7, 11) is 1.60. The van der Waals surface area contributed by atoms with E-state index in [2.05, 4.69) is 10.2 Å². The molecule has 0 aliphatic carbocycles. The van der Waals surface area contributed by atoms with Crippen LogP contribution in [0.4, 0.5) is 0 Å². The lowest BCUT2D eigenvalue weighted by Crippen LogP contribution is -2.13. The third-order valence-electron chi connectivity index (χ3n) is 2.55. The second-order valence-corrected chi connectivity index (χ2v) is 5.68. The fourth-order valence-corrected chi connectivity index (χ4v) is 2.15. The van der Waals surface area contributed by atoms with Gasteiger partial charge in [0.1, 0.15) is 17.3 Å². The van der Waals surface area contributed by atoms with Gasteiger partial charge in [-0.15, -0.1) is 10.2 Å². The van der Waals surface area contributed by atoms with E-state index < -0.39 is 0 Å². The van der Waals surface area contributed by atoms with Crippen molar-refractivity contribution < 1.29 is 23.4 Å². The molecule has 8 heteroatoms. The SMILES string of the molecule is COc1ccc(OCc2nnc(SCC(=O)OC(C)C)o2)cc1. The number of benzene rings is 1. The highest BCUT2D eigenvalue weighted by Crippen LogP contribution is 2.20. The summed E-state index contributed by atoms with van der Waals surface area (Å²) in [6.07, 6.45) is -0.140. The summed E-state index contributed by atoms with van der Waals surface area (Å²) < 4.78 is 21.0. The first-order valence-corrected chi connectivity index (χ1v) is 7.97. The number of thioether (sulfide) groups is 1. The van der Waals surface area contributed by atoms with Crippen LogP contribution in [0.2, 0.25) is 0 Å². The number of carbonyl (C=O) groups excluding carboxylic acids is 1.